The Kier molecular flexibility index (Phi) is 4.27. The summed E-state index contributed by atoms with van der Waals surface area (Å²) in [7, 11) is 1.52. The van der Waals surface area contributed by atoms with E-state index in [4.69, 9.17) is 4.74 Å². The van der Waals surface area contributed by atoms with Crippen LogP contribution in [-0.4, -0.2) is 23.3 Å². The van der Waals surface area contributed by atoms with Gasteiger partial charge in [0.2, 0.25) is 0 Å². The topological polar surface area (TPSA) is 78.8 Å². The van der Waals surface area contributed by atoms with Crippen LogP contribution in [0.5, 0.6) is 11.5 Å². The van der Waals surface area contributed by atoms with Crippen molar-refractivity contribution >= 4 is 11.7 Å². The molecule has 5 nitrogen and oxygen atoms in total. The number of phenolic OH excluding ortho intramolecular Hbond substituents is 1. The zero-order valence-corrected chi connectivity index (χ0v) is 11.2. The summed E-state index contributed by atoms with van der Waals surface area (Å²) in [5.41, 5.74) is 0.463. The van der Waals surface area contributed by atoms with Crippen LogP contribution in [0.15, 0.2) is 42.5 Å². The monoisotopic (exact) mass is 291 g/mol. The molecule has 110 valence electrons. The summed E-state index contributed by atoms with van der Waals surface area (Å²) >= 11 is 0. The van der Waals surface area contributed by atoms with Gasteiger partial charge < -0.3 is 20.3 Å². The highest BCUT2D eigenvalue weighted by Gasteiger charge is 2.23. The van der Waals surface area contributed by atoms with Crippen molar-refractivity contribution in [2.45, 2.75) is 6.04 Å². The van der Waals surface area contributed by atoms with E-state index in [9.17, 15) is 19.4 Å². The van der Waals surface area contributed by atoms with Gasteiger partial charge >= 0.3 is 5.97 Å². The summed E-state index contributed by atoms with van der Waals surface area (Å²) in [6.45, 7) is 0. The largest absolute Gasteiger partial charge is 0.508 e. The number of phenols is 1. The van der Waals surface area contributed by atoms with Crippen molar-refractivity contribution in [3.8, 4) is 11.5 Å². The number of anilines is 1. The molecular weight excluding hydrogens is 277 g/mol. The Hall–Kier alpha value is -2.76. The maximum absolute atomic E-state index is 13.3. The second-order valence-electron chi connectivity index (χ2n) is 4.35. The van der Waals surface area contributed by atoms with Gasteiger partial charge in [0, 0.05) is 11.3 Å². The molecule has 0 amide bonds. The van der Waals surface area contributed by atoms with Gasteiger partial charge in [-0.3, -0.25) is 0 Å². The Morgan fingerprint density at radius 1 is 1.24 bits per heavy atom. The van der Waals surface area contributed by atoms with Crippen molar-refractivity contribution in [3.05, 3.63) is 53.8 Å². The lowest BCUT2D eigenvalue weighted by molar-refractivity contribution is -0.138. The molecule has 2 aromatic rings. The number of ether oxygens (including phenoxy) is 1. The van der Waals surface area contributed by atoms with Crippen LogP contribution in [0.4, 0.5) is 10.1 Å². The molecule has 21 heavy (non-hydrogen) atoms. The Balaban J connectivity index is 2.30. The molecule has 1 atom stereocenters. The summed E-state index contributed by atoms with van der Waals surface area (Å²) < 4.78 is 18.3. The van der Waals surface area contributed by atoms with E-state index in [1.165, 1.54) is 7.11 Å². The summed E-state index contributed by atoms with van der Waals surface area (Å²) in [4.78, 5) is 11.4. The Morgan fingerprint density at radius 2 is 1.90 bits per heavy atom. The molecule has 0 aliphatic heterocycles. The van der Waals surface area contributed by atoms with E-state index in [1.54, 1.807) is 24.3 Å². The predicted molar refractivity (Wildman–Crippen MR) is 75.1 cm³/mol. The molecule has 0 heterocycles. The summed E-state index contributed by atoms with van der Waals surface area (Å²) in [6, 6.07) is 8.48. The van der Waals surface area contributed by atoms with Crippen LogP contribution in [-0.2, 0) is 4.79 Å². The van der Waals surface area contributed by atoms with Crippen LogP contribution < -0.4 is 10.1 Å². The molecule has 0 spiro atoms. The third-order valence-corrected chi connectivity index (χ3v) is 2.95. The first kappa shape index (κ1) is 14.6. The number of carboxylic acids is 1. The van der Waals surface area contributed by atoms with E-state index in [1.807, 2.05) is 0 Å². The van der Waals surface area contributed by atoms with Crippen LogP contribution in [0.1, 0.15) is 11.6 Å². The normalized spacial score (nSPS) is 11.7. The molecule has 3 N–H and O–H groups in total. The zero-order chi connectivity index (χ0) is 15.4. The number of rotatable bonds is 5. The van der Waals surface area contributed by atoms with Crippen LogP contribution in [0.2, 0.25) is 0 Å². The maximum atomic E-state index is 13.3. The number of halogens is 1. The standard InChI is InChI=1S/C15H14FNO4/c1-21-11-5-3-10(4-6-11)17-14(15(19)20)12-8-9(16)2-7-13(12)18/h2-8,14,17-18H,1H3,(H,19,20). The van der Waals surface area contributed by atoms with Crippen molar-refractivity contribution in [1.82, 2.24) is 0 Å². The van der Waals surface area contributed by atoms with Crippen LogP contribution in [0, 0.1) is 5.82 Å². The average Bonchev–Trinajstić information content (AvgIpc) is 2.48. The van der Waals surface area contributed by atoms with Crippen LogP contribution in [0.3, 0.4) is 0 Å². The van der Waals surface area contributed by atoms with Gasteiger partial charge in [-0.2, -0.15) is 0 Å². The predicted octanol–water partition coefficient (Wildman–Crippen LogP) is 2.78. The van der Waals surface area contributed by atoms with Gasteiger partial charge in [0.1, 0.15) is 17.3 Å². The first-order valence-electron chi connectivity index (χ1n) is 6.13. The minimum Gasteiger partial charge on any atom is -0.508 e. The van der Waals surface area contributed by atoms with Gasteiger partial charge in [-0.25, -0.2) is 9.18 Å². The molecule has 0 saturated heterocycles. The van der Waals surface area contributed by atoms with Gasteiger partial charge in [0.05, 0.1) is 7.11 Å². The van der Waals surface area contributed by atoms with Crippen molar-refractivity contribution < 1.29 is 24.1 Å². The highest BCUT2D eigenvalue weighted by Crippen LogP contribution is 2.28. The highest BCUT2D eigenvalue weighted by atomic mass is 19.1. The van der Waals surface area contributed by atoms with Crippen LogP contribution in [0.25, 0.3) is 0 Å². The zero-order valence-electron chi connectivity index (χ0n) is 11.2. The molecule has 1 unspecified atom stereocenters. The number of aliphatic carboxylic acids is 1. The van der Waals surface area contributed by atoms with Crippen molar-refractivity contribution in [2.75, 3.05) is 12.4 Å². The van der Waals surface area contributed by atoms with Crippen molar-refractivity contribution in [1.29, 1.82) is 0 Å². The number of aromatic hydroxyl groups is 1. The van der Waals surface area contributed by atoms with Gasteiger partial charge in [-0.1, -0.05) is 0 Å². The second-order valence-corrected chi connectivity index (χ2v) is 4.35. The molecule has 2 rings (SSSR count). The Morgan fingerprint density at radius 3 is 2.48 bits per heavy atom. The third kappa shape index (κ3) is 3.42. The average molecular weight is 291 g/mol. The smallest absolute Gasteiger partial charge is 0.330 e. The van der Waals surface area contributed by atoms with E-state index < -0.39 is 17.8 Å². The molecule has 0 fully saturated rings. The fraction of sp³-hybridized carbons (Fsp3) is 0.133. The maximum Gasteiger partial charge on any atom is 0.330 e. The molecule has 0 aliphatic rings. The van der Waals surface area contributed by atoms with E-state index in [0.717, 1.165) is 18.2 Å². The molecule has 0 aromatic heterocycles. The van der Waals surface area contributed by atoms with Crippen molar-refractivity contribution in [2.24, 2.45) is 0 Å². The second kappa shape index (κ2) is 6.13. The van der Waals surface area contributed by atoms with Gasteiger partial charge in [-0.05, 0) is 42.5 Å². The molecule has 0 radical (unpaired) electrons. The van der Waals surface area contributed by atoms with E-state index in [-0.39, 0.29) is 11.3 Å². The minimum absolute atomic E-state index is 0.0432. The van der Waals surface area contributed by atoms with Crippen LogP contribution >= 0.6 is 0 Å². The quantitative estimate of drug-likeness (QED) is 0.789. The summed E-state index contributed by atoms with van der Waals surface area (Å²) in [5, 5.41) is 21.7. The first-order valence-corrected chi connectivity index (χ1v) is 6.13. The number of nitrogens with one attached hydrogen (secondary N) is 1. The number of benzene rings is 2. The van der Waals surface area contributed by atoms with Gasteiger partial charge in [-0.15, -0.1) is 0 Å². The van der Waals surface area contributed by atoms with E-state index in [2.05, 4.69) is 5.32 Å². The van der Waals surface area contributed by atoms with Gasteiger partial charge in [0.15, 0.2) is 6.04 Å². The number of carbonyl (C=O) groups is 1. The molecule has 2 aromatic carbocycles. The molecular formula is C15H14FNO4. The summed E-state index contributed by atoms with van der Waals surface area (Å²) in [5.74, 6) is -1.51. The lowest BCUT2D eigenvalue weighted by Gasteiger charge is -2.17. The fourth-order valence-corrected chi connectivity index (χ4v) is 1.88. The molecule has 6 heteroatoms. The highest BCUT2D eigenvalue weighted by molar-refractivity contribution is 5.80. The first-order chi connectivity index (χ1) is 10.0. The number of carboxylic acid groups (broad SMARTS) is 1. The number of hydrogen-bond donors (Lipinski definition) is 3. The lowest BCUT2D eigenvalue weighted by Crippen LogP contribution is -2.20. The Labute approximate surface area is 120 Å². The summed E-state index contributed by atoms with van der Waals surface area (Å²) in [6.07, 6.45) is 0. The number of hydrogen-bond acceptors (Lipinski definition) is 4. The Bertz CT molecular complexity index is 643. The molecule has 0 aliphatic carbocycles. The van der Waals surface area contributed by atoms with E-state index in [0.29, 0.717) is 11.4 Å². The molecule has 0 bridgehead atoms. The van der Waals surface area contributed by atoms with Crippen molar-refractivity contribution in [3.63, 3.8) is 0 Å². The minimum atomic E-state index is -1.27. The number of methoxy groups -OCH3 is 1. The van der Waals surface area contributed by atoms with Gasteiger partial charge in [0.25, 0.3) is 0 Å². The van der Waals surface area contributed by atoms with E-state index >= 15 is 0 Å². The lowest BCUT2D eigenvalue weighted by atomic mass is 10.1. The molecule has 0 saturated carbocycles. The fourth-order valence-electron chi connectivity index (χ4n) is 1.88. The SMILES string of the molecule is COc1ccc(NC(C(=O)O)c2cc(F)ccc2O)cc1. The third-order valence-electron chi connectivity index (χ3n) is 2.95.